The molecule has 1 amide bonds. The number of likely N-dealkylation sites (tertiary alicyclic amines) is 1. The van der Waals surface area contributed by atoms with E-state index in [0.29, 0.717) is 18.0 Å². The number of imidazole rings is 1. The van der Waals surface area contributed by atoms with Crippen LogP contribution in [0.15, 0.2) is 24.5 Å². The van der Waals surface area contributed by atoms with Crippen LogP contribution in [0.1, 0.15) is 37.7 Å². The summed E-state index contributed by atoms with van der Waals surface area (Å²) < 4.78 is 2.01. The zero-order chi connectivity index (χ0) is 15.6. The van der Waals surface area contributed by atoms with Crippen molar-refractivity contribution >= 4 is 16.9 Å². The molecule has 4 nitrogen and oxygen atoms in total. The summed E-state index contributed by atoms with van der Waals surface area (Å²) in [5, 5.41) is 0. The van der Waals surface area contributed by atoms with Crippen LogP contribution in [0.4, 0.5) is 0 Å². The molecule has 23 heavy (non-hydrogen) atoms. The predicted octanol–water partition coefficient (Wildman–Crippen LogP) is 3.14. The van der Waals surface area contributed by atoms with E-state index in [4.69, 9.17) is 0 Å². The highest BCUT2D eigenvalue weighted by Crippen LogP contribution is 2.59. The van der Waals surface area contributed by atoms with Gasteiger partial charge in [0.15, 0.2) is 0 Å². The molecule has 1 spiro atoms. The van der Waals surface area contributed by atoms with Crippen molar-refractivity contribution in [1.82, 2.24) is 14.5 Å². The fourth-order valence-electron chi connectivity index (χ4n) is 4.77. The first-order chi connectivity index (χ1) is 11.2. The lowest BCUT2D eigenvalue weighted by Crippen LogP contribution is -2.70. The third kappa shape index (κ3) is 1.97. The van der Waals surface area contributed by atoms with Gasteiger partial charge in [-0.25, -0.2) is 4.98 Å². The molecule has 4 heteroatoms. The maximum absolute atomic E-state index is 12.9. The van der Waals surface area contributed by atoms with Gasteiger partial charge in [0.2, 0.25) is 5.91 Å². The number of nitrogens with zero attached hydrogens (tertiary/aromatic N) is 3. The number of carbonyl (C=O) groups excluding carboxylic acids is 1. The Hall–Kier alpha value is -1.84. The largest absolute Gasteiger partial charge is 0.337 e. The summed E-state index contributed by atoms with van der Waals surface area (Å²) in [6.07, 6.45) is 8.49. The minimum atomic E-state index is 0.278. The van der Waals surface area contributed by atoms with Crippen molar-refractivity contribution in [2.75, 3.05) is 6.54 Å². The van der Waals surface area contributed by atoms with Crippen LogP contribution in [0.25, 0.3) is 11.0 Å². The lowest BCUT2D eigenvalue weighted by atomic mass is 9.56. The van der Waals surface area contributed by atoms with Gasteiger partial charge in [0.05, 0.1) is 17.4 Å². The second kappa shape index (κ2) is 4.59. The van der Waals surface area contributed by atoms with Crippen molar-refractivity contribution in [3.63, 3.8) is 0 Å². The van der Waals surface area contributed by atoms with Crippen molar-refractivity contribution in [1.29, 1.82) is 0 Å². The molecular weight excluding hydrogens is 286 g/mol. The van der Waals surface area contributed by atoms with E-state index in [1.54, 1.807) is 0 Å². The van der Waals surface area contributed by atoms with Gasteiger partial charge in [-0.15, -0.1) is 0 Å². The fraction of sp³-hybridized carbons (Fsp3) is 0.579. The smallest absolute Gasteiger partial charge is 0.242 e. The topological polar surface area (TPSA) is 38.1 Å². The van der Waals surface area contributed by atoms with E-state index in [-0.39, 0.29) is 5.91 Å². The monoisotopic (exact) mass is 309 g/mol. The Morgan fingerprint density at radius 2 is 2.17 bits per heavy atom. The first-order valence-electron chi connectivity index (χ1n) is 8.87. The Kier molecular flexibility index (Phi) is 2.71. The summed E-state index contributed by atoms with van der Waals surface area (Å²) >= 11 is 0. The molecule has 1 aromatic carbocycles. The Morgan fingerprint density at radius 3 is 2.87 bits per heavy atom. The molecule has 1 atom stereocenters. The number of fused-ring (bicyclic) bond motifs is 1. The molecule has 2 aliphatic carbocycles. The first kappa shape index (κ1) is 13.6. The maximum atomic E-state index is 12.9. The van der Waals surface area contributed by atoms with E-state index in [2.05, 4.69) is 28.9 Å². The minimum Gasteiger partial charge on any atom is -0.337 e. The van der Waals surface area contributed by atoms with Gasteiger partial charge in [0.25, 0.3) is 0 Å². The fourth-order valence-corrected chi connectivity index (χ4v) is 4.77. The number of amides is 1. The normalized spacial score (nSPS) is 25.4. The van der Waals surface area contributed by atoms with Gasteiger partial charge in [-0.05, 0) is 56.2 Å². The van der Waals surface area contributed by atoms with Crippen LogP contribution in [0.5, 0.6) is 0 Å². The van der Waals surface area contributed by atoms with Crippen molar-refractivity contribution in [3.05, 3.63) is 30.1 Å². The molecule has 0 N–H and O–H groups in total. The molecule has 0 radical (unpaired) electrons. The van der Waals surface area contributed by atoms with Crippen LogP contribution in [0, 0.1) is 18.3 Å². The van der Waals surface area contributed by atoms with E-state index in [0.717, 1.165) is 23.5 Å². The van der Waals surface area contributed by atoms with Crippen molar-refractivity contribution in [2.45, 2.75) is 51.6 Å². The maximum Gasteiger partial charge on any atom is 0.242 e. The summed E-state index contributed by atoms with van der Waals surface area (Å²) in [5.41, 5.74) is 3.76. The van der Waals surface area contributed by atoms with Crippen LogP contribution in [0.2, 0.25) is 0 Å². The van der Waals surface area contributed by atoms with Gasteiger partial charge in [0.1, 0.15) is 6.54 Å². The van der Waals surface area contributed by atoms with Crippen molar-refractivity contribution in [2.24, 2.45) is 11.3 Å². The zero-order valence-corrected chi connectivity index (χ0v) is 13.7. The van der Waals surface area contributed by atoms with Crippen LogP contribution in [0.3, 0.4) is 0 Å². The van der Waals surface area contributed by atoms with Crippen LogP contribution < -0.4 is 0 Å². The highest BCUT2D eigenvalue weighted by atomic mass is 16.2. The summed E-state index contributed by atoms with van der Waals surface area (Å²) in [5.74, 6) is 1.06. The number of hydrogen-bond donors (Lipinski definition) is 0. The molecule has 1 aromatic heterocycles. The van der Waals surface area contributed by atoms with Crippen LogP contribution >= 0.6 is 0 Å². The molecule has 0 bridgehead atoms. The summed E-state index contributed by atoms with van der Waals surface area (Å²) in [4.78, 5) is 19.5. The van der Waals surface area contributed by atoms with Crippen LogP contribution in [-0.2, 0) is 11.3 Å². The van der Waals surface area contributed by atoms with Crippen molar-refractivity contribution < 1.29 is 4.79 Å². The standard InChI is InChI=1S/C19H23N3O/c1-13-3-6-15-16(9-13)21(12-20-15)10-17(23)22-11-19(7-2-8-19)18(22)14-4-5-14/h3,6,9,12,14,18H,2,4-5,7-8,10-11H2,1H3. The molecule has 2 aromatic rings. The highest BCUT2D eigenvalue weighted by molar-refractivity contribution is 5.82. The number of aryl methyl sites for hydroxylation is 1. The third-order valence-corrected chi connectivity index (χ3v) is 6.27. The Labute approximate surface area is 136 Å². The molecule has 3 fully saturated rings. The van der Waals surface area contributed by atoms with E-state index in [9.17, 15) is 4.79 Å². The second-order valence-corrected chi connectivity index (χ2v) is 7.88. The average molecular weight is 309 g/mol. The molecule has 2 saturated carbocycles. The molecule has 120 valence electrons. The molecule has 1 unspecified atom stereocenters. The zero-order valence-electron chi connectivity index (χ0n) is 13.7. The van der Waals surface area contributed by atoms with Crippen LogP contribution in [-0.4, -0.2) is 32.9 Å². The molecule has 5 rings (SSSR count). The number of carbonyl (C=O) groups is 1. The first-order valence-corrected chi connectivity index (χ1v) is 8.87. The van der Waals surface area contributed by atoms with Gasteiger partial charge >= 0.3 is 0 Å². The third-order valence-electron chi connectivity index (χ3n) is 6.27. The number of rotatable bonds is 3. The summed E-state index contributed by atoms with van der Waals surface area (Å²) in [6.45, 7) is 3.51. The average Bonchev–Trinajstić information content (AvgIpc) is 3.19. The summed E-state index contributed by atoms with van der Waals surface area (Å²) in [7, 11) is 0. The van der Waals surface area contributed by atoms with E-state index in [1.807, 2.05) is 17.0 Å². The van der Waals surface area contributed by atoms with Gasteiger partial charge in [-0.1, -0.05) is 12.5 Å². The van der Waals surface area contributed by atoms with E-state index < -0.39 is 0 Å². The lowest BCUT2D eigenvalue weighted by molar-refractivity contribution is -0.171. The Balaban J connectivity index is 1.37. The molecule has 1 saturated heterocycles. The molecule has 2 heterocycles. The molecule has 1 aliphatic heterocycles. The molecule has 3 aliphatic rings. The number of benzene rings is 1. The van der Waals surface area contributed by atoms with Gasteiger partial charge in [-0.2, -0.15) is 0 Å². The molecular formula is C19H23N3O. The van der Waals surface area contributed by atoms with Gasteiger partial charge < -0.3 is 9.47 Å². The predicted molar refractivity (Wildman–Crippen MR) is 89.0 cm³/mol. The number of hydrogen-bond acceptors (Lipinski definition) is 2. The van der Waals surface area contributed by atoms with E-state index >= 15 is 0 Å². The minimum absolute atomic E-state index is 0.278. The summed E-state index contributed by atoms with van der Waals surface area (Å²) in [6, 6.07) is 6.77. The number of aromatic nitrogens is 2. The van der Waals surface area contributed by atoms with E-state index in [1.165, 1.54) is 37.7 Å². The van der Waals surface area contributed by atoms with Gasteiger partial charge in [0, 0.05) is 18.0 Å². The highest BCUT2D eigenvalue weighted by Gasteiger charge is 2.61. The Bertz CT molecular complexity index is 785. The van der Waals surface area contributed by atoms with Gasteiger partial charge in [-0.3, -0.25) is 4.79 Å². The lowest BCUT2D eigenvalue weighted by Gasteiger charge is -2.63. The quantitative estimate of drug-likeness (QED) is 0.873. The second-order valence-electron chi connectivity index (χ2n) is 7.88. The van der Waals surface area contributed by atoms with Crippen molar-refractivity contribution in [3.8, 4) is 0 Å². The SMILES string of the molecule is Cc1ccc2ncn(CC(=O)N3CC4(CCC4)C3C3CC3)c2c1. The Morgan fingerprint density at radius 1 is 1.35 bits per heavy atom.